The van der Waals surface area contributed by atoms with Crippen LogP contribution in [0.15, 0.2) is 104 Å². The van der Waals surface area contributed by atoms with Gasteiger partial charge in [-0.1, -0.05) is 71.7 Å². The third-order valence-corrected chi connectivity index (χ3v) is 6.29. The summed E-state index contributed by atoms with van der Waals surface area (Å²) in [7, 11) is 0. The molecule has 0 spiro atoms. The number of halogens is 2. The summed E-state index contributed by atoms with van der Waals surface area (Å²) in [6.07, 6.45) is 3.66. The molecule has 5 nitrogen and oxygen atoms in total. The third kappa shape index (κ3) is 3.55. The lowest BCUT2D eigenvalue weighted by Crippen LogP contribution is -2.00. The first-order chi connectivity index (χ1) is 16.7. The van der Waals surface area contributed by atoms with E-state index in [1.807, 2.05) is 57.6 Å². The molecule has 0 bridgehead atoms. The Kier molecular flexibility index (Phi) is 5.13. The molecule has 0 saturated carbocycles. The molecule has 0 N–H and O–H groups in total. The Hall–Kier alpha value is -3.93. The highest BCUT2D eigenvalue weighted by atomic mass is 35.5. The number of nitrogens with zero attached hydrogens (tertiary/aromatic N) is 5. The lowest BCUT2D eigenvalue weighted by atomic mass is 10.1. The van der Waals surface area contributed by atoms with Crippen LogP contribution in [0.3, 0.4) is 0 Å². The Morgan fingerprint density at radius 2 is 1.50 bits per heavy atom. The second-order valence-corrected chi connectivity index (χ2v) is 8.64. The van der Waals surface area contributed by atoms with E-state index in [4.69, 9.17) is 28.2 Å². The summed E-state index contributed by atoms with van der Waals surface area (Å²) >= 11 is 12.9. The van der Waals surface area contributed by atoms with Crippen LogP contribution in [0.25, 0.3) is 45.2 Å². The average Bonchev–Trinajstić information content (AvgIpc) is 3.50. The topological polar surface area (TPSA) is 48.0 Å². The zero-order chi connectivity index (χ0) is 23.1. The summed E-state index contributed by atoms with van der Waals surface area (Å²) in [5.41, 5.74) is 6.23. The minimum atomic E-state index is 0.562. The van der Waals surface area contributed by atoms with E-state index in [1.165, 1.54) is 0 Å². The summed E-state index contributed by atoms with van der Waals surface area (Å²) in [4.78, 5) is 4.87. The quantitative estimate of drug-likeness (QED) is 0.267. The van der Waals surface area contributed by atoms with Gasteiger partial charge in [0.1, 0.15) is 23.4 Å². The molecule has 0 saturated heterocycles. The number of hydrogen-bond donors (Lipinski definition) is 0. The highest BCUT2D eigenvalue weighted by Gasteiger charge is 2.22. The van der Waals surface area contributed by atoms with Crippen molar-refractivity contribution in [1.29, 1.82) is 0 Å². The lowest BCUT2D eigenvalue weighted by molar-refractivity contribution is 1.04. The molecule has 0 unspecified atom stereocenters. The van der Waals surface area contributed by atoms with Gasteiger partial charge in [0, 0.05) is 22.5 Å². The van der Waals surface area contributed by atoms with Crippen LogP contribution < -0.4 is 0 Å². The van der Waals surface area contributed by atoms with Gasteiger partial charge in [-0.05, 0) is 53.6 Å². The van der Waals surface area contributed by atoms with E-state index in [0.717, 1.165) is 33.7 Å². The molecule has 3 aromatic heterocycles. The zero-order valence-corrected chi connectivity index (χ0v) is 19.3. The number of rotatable bonds is 4. The number of aromatic nitrogens is 5. The molecule has 0 aliphatic rings. The molecule has 34 heavy (non-hydrogen) atoms. The number of benzene rings is 3. The van der Waals surface area contributed by atoms with Crippen molar-refractivity contribution in [1.82, 2.24) is 24.1 Å². The van der Waals surface area contributed by atoms with Crippen LogP contribution in [0.2, 0.25) is 10.0 Å². The minimum absolute atomic E-state index is 0.562. The van der Waals surface area contributed by atoms with E-state index >= 15 is 0 Å². The molecule has 6 aromatic rings. The second kappa shape index (κ2) is 8.45. The molecule has 0 atom stereocenters. The summed E-state index contributed by atoms with van der Waals surface area (Å²) in [5, 5.41) is 9.86. The van der Waals surface area contributed by atoms with Gasteiger partial charge in [-0.15, -0.1) is 10.2 Å². The molecule has 0 fully saturated rings. The van der Waals surface area contributed by atoms with Crippen LogP contribution in [-0.2, 0) is 0 Å². The normalized spacial score (nSPS) is 11.2. The molecule has 0 aliphatic carbocycles. The fraction of sp³-hybridized carbons (Fsp3) is 0. The van der Waals surface area contributed by atoms with Gasteiger partial charge in [-0.25, -0.2) is 4.98 Å². The number of pyridine rings is 1. The summed E-state index contributed by atoms with van der Waals surface area (Å²) in [6.45, 7) is 0. The third-order valence-electron chi connectivity index (χ3n) is 5.73. The molecule has 6 rings (SSSR count). The Morgan fingerprint density at radius 1 is 0.735 bits per heavy atom. The average molecular weight is 482 g/mol. The first kappa shape index (κ1) is 20.7. The van der Waals surface area contributed by atoms with Gasteiger partial charge in [0.25, 0.3) is 0 Å². The van der Waals surface area contributed by atoms with Crippen LogP contribution in [0.1, 0.15) is 0 Å². The van der Waals surface area contributed by atoms with E-state index in [2.05, 4.69) is 46.6 Å². The first-order valence-electron chi connectivity index (χ1n) is 10.7. The van der Waals surface area contributed by atoms with Crippen LogP contribution in [-0.4, -0.2) is 24.1 Å². The van der Waals surface area contributed by atoms with Crippen molar-refractivity contribution in [3.05, 3.63) is 114 Å². The summed E-state index contributed by atoms with van der Waals surface area (Å²) < 4.78 is 3.94. The Morgan fingerprint density at radius 3 is 2.32 bits per heavy atom. The van der Waals surface area contributed by atoms with Crippen molar-refractivity contribution in [2.45, 2.75) is 0 Å². The second-order valence-electron chi connectivity index (χ2n) is 7.80. The highest BCUT2D eigenvalue weighted by molar-refractivity contribution is 6.35. The van der Waals surface area contributed by atoms with Crippen LogP contribution >= 0.6 is 23.2 Å². The Bertz CT molecular complexity index is 1620. The molecule has 3 heterocycles. The number of hydrogen-bond acceptors (Lipinski definition) is 3. The maximum atomic E-state index is 6.57. The van der Waals surface area contributed by atoms with Crippen molar-refractivity contribution in [2.24, 2.45) is 0 Å². The van der Waals surface area contributed by atoms with E-state index in [1.54, 1.807) is 18.5 Å². The fourth-order valence-electron chi connectivity index (χ4n) is 4.11. The standard InChI is InChI=1S/C27H17Cl2N5/c28-20-11-14-23(29)22(16-20)25-26(33-15-5-4-8-24(33)31-25)27-32-30-17-34(27)21-12-9-19(10-13-21)18-6-2-1-3-7-18/h1-17H. The first-order valence-corrected chi connectivity index (χ1v) is 11.4. The highest BCUT2D eigenvalue weighted by Crippen LogP contribution is 2.37. The van der Waals surface area contributed by atoms with E-state index in [0.29, 0.717) is 21.6 Å². The van der Waals surface area contributed by atoms with Gasteiger partial charge in [-0.3, -0.25) is 8.97 Å². The van der Waals surface area contributed by atoms with E-state index < -0.39 is 0 Å². The van der Waals surface area contributed by atoms with Crippen LogP contribution in [0.4, 0.5) is 0 Å². The molecular formula is C27H17Cl2N5. The zero-order valence-electron chi connectivity index (χ0n) is 17.8. The SMILES string of the molecule is Clc1ccc(Cl)c(-c2nc3ccccn3c2-c2nncn2-c2ccc(-c3ccccc3)cc2)c1. The largest absolute Gasteiger partial charge is 0.296 e. The molecular weight excluding hydrogens is 465 g/mol. The lowest BCUT2D eigenvalue weighted by Gasteiger charge is -2.10. The Labute approximate surface area is 205 Å². The maximum absolute atomic E-state index is 6.57. The van der Waals surface area contributed by atoms with Gasteiger partial charge >= 0.3 is 0 Å². The Balaban J connectivity index is 1.53. The number of fused-ring (bicyclic) bond motifs is 1. The van der Waals surface area contributed by atoms with Crippen molar-refractivity contribution >= 4 is 28.8 Å². The molecule has 164 valence electrons. The van der Waals surface area contributed by atoms with Crippen molar-refractivity contribution in [2.75, 3.05) is 0 Å². The van der Waals surface area contributed by atoms with Gasteiger partial charge in [0.2, 0.25) is 0 Å². The summed E-state index contributed by atoms with van der Waals surface area (Å²) in [6, 6.07) is 29.8. The van der Waals surface area contributed by atoms with Gasteiger partial charge in [0.15, 0.2) is 5.82 Å². The van der Waals surface area contributed by atoms with Gasteiger partial charge in [-0.2, -0.15) is 0 Å². The van der Waals surface area contributed by atoms with Crippen molar-refractivity contribution in [3.8, 4) is 39.6 Å². The smallest absolute Gasteiger partial charge is 0.187 e. The number of imidazole rings is 1. The van der Waals surface area contributed by atoms with Crippen molar-refractivity contribution in [3.63, 3.8) is 0 Å². The summed E-state index contributed by atoms with van der Waals surface area (Å²) in [5.74, 6) is 0.650. The molecule has 7 heteroatoms. The van der Waals surface area contributed by atoms with Crippen molar-refractivity contribution < 1.29 is 0 Å². The maximum Gasteiger partial charge on any atom is 0.187 e. The predicted molar refractivity (Wildman–Crippen MR) is 136 cm³/mol. The molecule has 3 aromatic carbocycles. The predicted octanol–water partition coefficient (Wildman–Crippen LogP) is 7.22. The minimum Gasteiger partial charge on any atom is -0.296 e. The monoisotopic (exact) mass is 481 g/mol. The van der Waals surface area contributed by atoms with Gasteiger partial charge in [0.05, 0.1) is 5.02 Å². The molecule has 0 amide bonds. The molecule has 0 aliphatic heterocycles. The van der Waals surface area contributed by atoms with Crippen LogP contribution in [0, 0.1) is 0 Å². The van der Waals surface area contributed by atoms with Crippen LogP contribution in [0.5, 0.6) is 0 Å². The van der Waals surface area contributed by atoms with E-state index in [9.17, 15) is 0 Å². The van der Waals surface area contributed by atoms with Gasteiger partial charge < -0.3 is 0 Å². The molecule has 0 radical (unpaired) electrons. The van der Waals surface area contributed by atoms with E-state index in [-0.39, 0.29) is 0 Å². The fourth-order valence-corrected chi connectivity index (χ4v) is 4.49.